The predicted molar refractivity (Wildman–Crippen MR) is 88.2 cm³/mol. The number of benzene rings is 1. The van der Waals surface area contributed by atoms with Crippen LogP contribution in [0.5, 0.6) is 5.88 Å². The second kappa shape index (κ2) is 8.13. The molecule has 7 heteroatoms. The molecule has 1 aromatic carbocycles. The molecule has 1 atom stereocenters. The van der Waals surface area contributed by atoms with Gasteiger partial charge < -0.3 is 15.2 Å². The van der Waals surface area contributed by atoms with Gasteiger partial charge in [0, 0.05) is 11.8 Å². The molecule has 2 N–H and O–H groups in total. The second-order valence-electron chi connectivity index (χ2n) is 5.39. The summed E-state index contributed by atoms with van der Waals surface area (Å²) in [7, 11) is 1.59. The van der Waals surface area contributed by atoms with E-state index in [-0.39, 0.29) is 6.04 Å². The van der Waals surface area contributed by atoms with E-state index in [0.717, 1.165) is 30.8 Å². The van der Waals surface area contributed by atoms with Crippen LogP contribution in [-0.4, -0.2) is 40.6 Å². The van der Waals surface area contributed by atoms with Gasteiger partial charge in [-0.25, -0.2) is 4.68 Å². The Hall–Kier alpha value is -2.85. The summed E-state index contributed by atoms with van der Waals surface area (Å²) in [6.07, 6.45) is 1.78. The molecule has 1 saturated heterocycles. The number of nitrogens with one attached hydrogen (secondary N) is 1. The van der Waals surface area contributed by atoms with E-state index in [4.69, 9.17) is 15.1 Å². The Morgan fingerprint density at radius 2 is 2.17 bits per heavy atom. The van der Waals surface area contributed by atoms with Crippen molar-refractivity contribution in [3.05, 3.63) is 41.6 Å². The van der Waals surface area contributed by atoms with Crippen molar-refractivity contribution in [1.82, 2.24) is 15.1 Å². The van der Waals surface area contributed by atoms with E-state index in [1.54, 1.807) is 23.9 Å². The highest BCUT2D eigenvalue weighted by atomic mass is 16.5. The van der Waals surface area contributed by atoms with Crippen LogP contribution < -0.4 is 10.1 Å². The van der Waals surface area contributed by atoms with Gasteiger partial charge in [-0.05, 0) is 50.6 Å². The van der Waals surface area contributed by atoms with Gasteiger partial charge >= 0.3 is 5.97 Å². The zero-order chi connectivity index (χ0) is 17.5. The lowest BCUT2D eigenvalue weighted by atomic mass is 10.2. The van der Waals surface area contributed by atoms with Crippen LogP contribution in [0.1, 0.15) is 24.1 Å². The number of carboxylic acid groups (broad SMARTS) is 1. The molecule has 1 aliphatic rings. The maximum Gasteiger partial charge on any atom is 0.320 e. The van der Waals surface area contributed by atoms with Crippen LogP contribution in [0.15, 0.2) is 30.3 Å². The monoisotopic (exact) mass is 328 g/mol. The Labute approximate surface area is 140 Å². The molecule has 0 unspecified atom stereocenters. The largest absolute Gasteiger partial charge is 0.480 e. The number of rotatable bonds is 3. The average molecular weight is 328 g/mol. The summed E-state index contributed by atoms with van der Waals surface area (Å²) in [6, 6.07) is 10.9. The Kier molecular flexibility index (Phi) is 5.93. The minimum atomic E-state index is -0.720. The van der Waals surface area contributed by atoms with Gasteiger partial charge in [0.15, 0.2) is 0 Å². The van der Waals surface area contributed by atoms with Crippen molar-refractivity contribution in [3.8, 4) is 17.6 Å². The van der Waals surface area contributed by atoms with Gasteiger partial charge in [-0.1, -0.05) is 0 Å². The minimum absolute atomic E-state index is 0.269. The van der Waals surface area contributed by atoms with E-state index < -0.39 is 5.97 Å². The van der Waals surface area contributed by atoms with E-state index in [2.05, 4.69) is 16.5 Å². The Morgan fingerprint density at radius 3 is 2.58 bits per heavy atom. The van der Waals surface area contributed by atoms with E-state index in [1.165, 1.54) is 0 Å². The lowest BCUT2D eigenvalue weighted by Gasteiger charge is -2.03. The maximum absolute atomic E-state index is 10.1. The molecular formula is C17H20N4O3. The summed E-state index contributed by atoms with van der Waals surface area (Å²) in [5.74, 6) is -0.135. The molecule has 0 radical (unpaired) electrons. The Morgan fingerprint density at radius 1 is 1.46 bits per heavy atom. The predicted octanol–water partition coefficient (Wildman–Crippen LogP) is 1.88. The first-order valence-electron chi connectivity index (χ1n) is 7.62. The van der Waals surface area contributed by atoms with Crippen molar-refractivity contribution in [2.45, 2.75) is 25.8 Å². The van der Waals surface area contributed by atoms with Crippen molar-refractivity contribution < 1.29 is 14.6 Å². The normalized spacial score (nSPS) is 16.0. The van der Waals surface area contributed by atoms with Gasteiger partial charge in [0.2, 0.25) is 5.88 Å². The fraction of sp³-hybridized carbons (Fsp3) is 0.353. The number of nitriles is 1. The first kappa shape index (κ1) is 17.5. The minimum Gasteiger partial charge on any atom is -0.480 e. The molecule has 2 heterocycles. The third-order valence-electron chi connectivity index (χ3n) is 3.67. The first-order valence-corrected chi connectivity index (χ1v) is 7.62. The number of ether oxygens (including phenoxy) is 1. The van der Waals surface area contributed by atoms with Crippen molar-refractivity contribution in [2.75, 3.05) is 13.7 Å². The number of aryl methyl sites for hydroxylation is 1. The molecule has 3 rings (SSSR count). The van der Waals surface area contributed by atoms with Gasteiger partial charge in [-0.2, -0.15) is 5.26 Å². The highest BCUT2D eigenvalue weighted by Gasteiger charge is 2.20. The summed E-state index contributed by atoms with van der Waals surface area (Å²) in [6.45, 7) is 2.81. The van der Waals surface area contributed by atoms with Gasteiger partial charge in [-0.3, -0.25) is 4.79 Å². The Bertz CT molecular complexity index is 725. The van der Waals surface area contributed by atoms with Gasteiger partial charge in [0.05, 0.1) is 24.4 Å². The van der Waals surface area contributed by atoms with Gasteiger partial charge in [0.25, 0.3) is 0 Å². The van der Waals surface area contributed by atoms with E-state index >= 15 is 0 Å². The molecule has 0 aliphatic carbocycles. The lowest BCUT2D eigenvalue weighted by molar-refractivity contribution is -0.139. The van der Waals surface area contributed by atoms with Crippen LogP contribution in [0.2, 0.25) is 0 Å². The number of carboxylic acids is 1. The number of hydrogen-bond acceptors (Lipinski definition) is 5. The smallest absolute Gasteiger partial charge is 0.320 e. The molecule has 0 amide bonds. The SMILES string of the molecule is COc1cc(C)n(-c2ccc(C#N)cc2)n1.O=C(O)[C@@H]1CCCN1. The number of aliphatic carboxylic acids is 1. The molecule has 1 aliphatic heterocycles. The van der Waals surface area contributed by atoms with Crippen LogP contribution in [0.3, 0.4) is 0 Å². The van der Waals surface area contributed by atoms with Crippen molar-refractivity contribution in [1.29, 1.82) is 5.26 Å². The highest BCUT2D eigenvalue weighted by Crippen LogP contribution is 2.16. The Balaban J connectivity index is 0.000000219. The zero-order valence-electron chi connectivity index (χ0n) is 13.7. The summed E-state index contributed by atoms with van der Waals surface area (Å²) in [4.78, 5) is 10.1. The standard InChI is InChI=1S/C12H11N3O.C5H9NO2/c1-9-7-12(16-2)14-15(9)11-5-3-10(8-13)4-6-11;7-5(8)4-2-1-3-6-4/h3-7H,1-2H3;4,6H,1-3H2,(H,7,8)/t;4-/m.0/s1. The molecule has 2 aromatic rings. The summed E-state index contributed by atoms with van der Waals surface area (Å²) >= 11 is 0. The molecule has 0 saturated carbocycles. The topological polar surface area (TPSA) is 100 Å². The molecule has 126 valence electrons. The fourth-order valence-electron chi connectivity index (χ4n) is 2.38. The summed E-state index contributed by atoms with van der Waals surface area (Å²) in [5, 5.41) is 24.2. The van der Waals surface area contributed by atoms with Crippen LogP contribution in [-0.2, 0) is 4.79 Å². The third-order valence-corrected chi connectivity index (χ3v) is 3.67. The molecule has 24 heavy (non-hydrogen) atoms. The van der Waals surface area contributed by atoms with Crippen LogP contribution in [0.25, 0.3) is 5.69 Å². The van der Waals surface area contributed by atoms with Gasteiger partial charge in [-0.15, -0.1) is 5.10 Å². The molecule has 0 spiro atoms. The van der Waals surface area contributed by atoms with E-state index in [1.807, 2.05) is 25.1 Å². The van der Waals surface area contributed by atoms with E-state index in [9.17, 15) is 4.79 Å². The van der Waals surface area contributed by atoms with Crippen molar-refractivity contribution >= 4 is 5.97 Å². The van der Waals surface area contributed by atoms with Crippen LogP contribution in [0, 0.1) is 18.3 Å². The number of carbonyl (C=O) groups is 1. The van der Waals surface area contributed by atoms with Crippen molar-refractivity contribution in [3.63, 3.8) is 0 Å². The molecule has 0 bridgehead atoms. The number of aromatic nitrogens is 2. The average Bonchev–Trinajstić information content (AvgIpc) is 3.25. The number of hydrogen-bond donors (Lipinski definition) is 2. The molecular weight excluding hydrogens is 308 g/mol. The first-order chi connectivity index (χ1) is 11.5. The quantitative estimate of drug-likeness (QED) is 0.892. The van der Waals surface area contributed by atoms with Crippen LogP contribution >= 0.6 is 0 Å². The lowest BCUT2D eigenvalue weighted by Crippen LogP contribution is -2.29. The summed E-state index contributed by atoms with van der Waals surface area (Å²) in [5.41, 5.74) is 2.54. The van der Waals surface area contributed by atoms with Crippen LogP contribution in [0.4, 0.5) is 0 Å². The van der Waals surface area contributed by atoms with Gasteiger partial charge in [0.1, 0.15) is 6.04 Å². The van der Waals surface area contributed by atoms with Crippen molar-refractivity contribution in [2.24, 2.45) is 0 Å². The maximum atomic E-state index is 10.1. The second-order valence-corrected chi connectivity index (χ2v) is 5.39. The molecule has 7 nitrogen and oxygen atoms in total. The number of methoxy groups -OCH3 is 1. The molecule has 1 aromatic heterocycles. The highest BCUT2D eigenvalue weighted by molar-refractivity contribution is 5.73. The van der Waals surface area contributed by atoms with E-state index in [0.29, 0.717) is 11.4 Å². The summed E-state index contributed by atoms with van der Waals surface area (Å²) < 4.78 is 6.84. The zero-order valence-corrected chi connectivity index (χ0v) is 13.7. The molecule has 1 fully saturated rings. The fourth-order valence-corrected chi connectivity index (χ4v) is 2.38. The third kappa shape index (κ3) is 4.33. The number of nitrogens with zero attached hydrogens (tertiary/aromatic N) is 3.